The lowest BCUT2D eigenvalue weighted by Gasteiger charge is -2.13. The Labute approximate surface area is 136 Å². The van der Waals surface area contributed by atoms with Crippen LogP contribution in [0.4, 0.5) is 0 Å². The van der Waals surface area contributed by atoms with Gasteiger partial charge in [0.05, 0.1) is 11.6 Å². The summed E-state index contributed by atoms with van der Waals surface area (Å²) < 4.78 is 5.65. The minimum atomic E-state index is -0.365. The third-order valence-electron chi connectivity index (χ3n) is 4.76. The van der Waals surface area contributed by atoms with Gasteiger partial charge in [-0.15, -0.1) is 0 Å². The molecule has 1 aliphatic rings. The Morgan fingerprint density at radius 1 is 1.35 bits per heavy atom. The molecule has 124 valence electrons. The number of ether oxygens (including phenoxy) is 1. The lowest BCUT2D eigenvalue weighted by atomic mass is 10.0. The third kappa shape index (κ3) is 3.12. The highest BCUT2D eigenvalue weighted by Gasteiger charge is 2.29. The Bertz CT molecular complexity index is 735. The molecule has 0 aliphatic carbocycles. The quantitative estimate of drug-likeness (QED) is 0.809. The van der Waals surface area contributed by atoms with E-state index in [2.05, 4.69) is 43.2 Å². The number of nitrogens with one attached hydrogen (secondary N) is 2. The smallest absolute Gasteiger partial charge is 0.249 e. The summed E-state index contributed by atoms with van der Waals surface area (Å²) in [6, 6.07) is 4.31. The zero-order valence-corrected chi connectivity index (χ0v) is 14.0. The highest BCUT2D eigenvalue weighted by molar-refractivity contribution is 5.88. The molecule has 3 rings (SSSR count). The van der Waals surface area contributed by atoms with Gasteiger partial charge in [0.15, 0.2) is 0 Å². The fourth-order valence-corrected chi connectivity index (χ4v) is 3.30. The first-order chi connectivity index (χ1) is 11.0. The maximum absolute atomic E-state index is 12.3. The van der Waals surface area contributed by atoms with Crippen LogP contribution in [0.2, 0.25) is 0 Å². The molecule has 1 aliphatic heterocycles. The molecule has 23 heavy (non-hydrogen) atoms. The lowest BCUT2D eigenvalue weighted by molar-refractivity contribution is -0.132. The number of aromatic amines is 1. The molecule has 5 nitrogen and oxygen atoms in total. The molecule has 1 aromatic heterocycles. The summed E-state index contributed by atoms with van der Waals surface area (Å²) in [4.78, 5) is 15.7. The monoisotopic (exact) mass is 315 g/mol. The average Bonchev–Trinajstić information content (AvgIpc) is 3.12. The number of carbonyl (C=O) groups is 1. The molecule has 0 unspecified atom stereocenters. The lowest BCUT2D eigenvalue weighted by Crippen LogP contribution is -2.35. The van der Waals surface area contributed by atoms with Crippen LogP contribution in [0, 0.1) is 20.8 Å². The molecule has 1 amide bonds. The van der Waals surface area contributed by atoms with E-state index in [9.17, 15) is 4.79 Å². The Balaban J connectivity index is 1.74. The molecule has 1 aromatic carbocycles. The summed E-state index contributed by atoms with van der Waals surface area (Å²) in [5, 5.41) is 4.24. The number of H-pyrrole nitrogens is 1. The molecule has 4 N–H and O–H groups in total. The minimum absolute atomic E-state index is 0.0186. The summed E-state index contributed by atoms with van der Waals surface area (Å²) in [5.41, 5.74) is 11.4. The topological polar surface area (TPSA) is 80.1 Å². The molecule has 0 spiro atoms. The average molecular weight is 315 g/mol. The fraction of sp³-hybridized carbons (Fsp3) is 0.500. The van der Waals surface area contributed by atoms with E-state index in [1.807, 2.05) is 0 Å². The predicted octanol–water partition coefficient (Wildman–Crippen LogP) is 2.22. The summed E-state index contributed by atoms with van der Waals surface area (Å²) in [6.07, 6.45) is 1.26. The minimum Gasteiger partial charge on any atom is -0.364 e. The highest BCUT2D eigenvalue weighted by Crippen LogP contribution is 2.26. The van der Waals surface area contributed by atoms with Gasteiger partial charge in [-0.05, 0) is 50.8 Å². The molecule has 1 saturated heterocycles. The van der Waals surface area contributed by atoms with Gasteiger partial charge < -0.3 is 20.8 Å². The Hall–Kier alpha value is -1.85. The molecule has 5 heteroatoms. The summed E-state index contributed by atoms with van der Waals surface area (Å²) >= 11 is 0. The molecule has 0 radical (unpaired) electrons. The van der Waals surface area contributed by atoms with Crippen LogP contribution in [0.25, 0.3) is 10.9 Å². The van der Waals surface area contributed by atoms with Crippen LogP contribution in [0.1, 0.15) is 35.2 Å². The van der Waals surface area contributed by atoms with E-state index in [4.69, 9.17) is 10.5 Å². The van der Waals surface area contributed by atoms with Gasteiger partial charge >= 0.3 is 0 Å². The van der Waals surface area contributed by atoms with Gasteiger partial charge in [-0.25, -0.2) is 0 Å². The molecule has 2 atom stereocenters. The van der Waals surface area contributed by atoms with E-state index >= 15 is 0 Å². The van der Waals surface area contributed by atoms with Crippen LogP contribution in [0.5, 0.6) is 0 Å². The van der Waals surface area contributed by atoms with E-state index in [1.165, 1.54) is 22.2 Å². The van der Waals surface area contributed by atoms with Gasteiger partial charge in [-0.2, -0.15) is 0 Å². The van der Waals surface area contributed by atoms with Crippen molar-refractivity contribution in [2.24, 2.45) is 5.73 Å². The van der Waals surface area contributed by atoms with Gasteiger partial charge in [0.2, 0.25) is 5.91 Å². The molecular formula is C18H25N3O2. The number of hydrogen-bond acceptors (Lipinski definition) is 3. The molecule has 2 aromatic rings. The summed E-state index contributed by atoms with van der Waals surface area (Å²) in [7, 11) is 0. The van der Waals surface area contributed by atoms with Gasteiger partial charge in [-0.1, -0.05) is 11.6 Å². The predicted molar refractivity (Wildman–Crippen MR) is 91.3 cm³/mol. The first-order valence-corrected chi connectivity index (χ1v) is 8.21. The van der Waals surface area contributed by atoms with Crippen molar-refractivity contribution < 1.29 is 9.53 Å². The van der Waals surface area contributed by atoms with Gasteiger partial charge in [0.1, 0.15) is 6.10 Å². The van der Waals surface area contributed by atoms with Crippen LogP contribution >= 0.6 is 0 Å². The number of fused-ring (bicyclic) bond motifs is 1. The molecule has 0 bridgehead atoms. The zero-order chi connectivity index (χ0) is 16.6. The van der Waals surface area contributed by atoms with Crippen molar-refractivity contribution in [2.75, 3.05) is 6.54 Å². The number of hydrogen-bond donors (Lipinski definition) is 3. The van der Waals surface area contributed by atoms with Gasteiger partial charge in [0, 0.05) is 24.2 Å². The van der Waals surface area contributed by atoms with Crippen LogP contribution in [0.3, 0.4) is 0 Å². The number of nitrogens with two attached hydrogens (primary N) is 1. The number of aromatic nitrogens is 1. The summed E-state index contributed by atoms with van der Waals surface area (Å²) in [6.45, 7) is 7.26. The fourth-order valence-electron chi connectivity index (χ4n) is 3.30. The second-order valence-corrected chi connectivity index (χ2v) is 6.50. The Morgan fingerprint density at radius 2 is 2.13 bits per heavy atom. The van der Waals surface area contributed by atoms with Crippen molar-refractivity contribution in [2.45, 2.75) is 52.4 Å². The highest BCUT2D eigenvalue weighted by atomic mass is 16.5. The maximum Gasteiger partial charge on any atom is 0.249 e. The molecule has 0 saturated carbocycles. The normalized spacial score (nSPS) is 21.0. The van der Waals surface area contributed by atoms with E-state index in [-0.39, 0.29) is 18.1 Å². The zero-order valence-electron chi connectivity index (χ0n) is 14.0. The number of amides is 1. The number of aryl methyl sites for hydroxylation is 3. The SMILES string of the molecule is Cc1cc(CNC(=O)[C@@H]2CC[C@H](CN)O2)c2[nH]c(C)c(C)c2c1. The van der Waals surface area contributed by atoms with Crippen molar-refractivity contribution >= 4 is 16.8 Å². The van der Waals surface area contributed by atoms with Crippen molar-refractivity contribution in [3.63, 3.8) is 0 Å². The van der Waals surface area contributed by atoms with Crippen LogP contribution in [0.15, 0.2) is 12.1 Å². The van der Waals surface area contributed by atoms with Crippen LogP contribution < -0.4 is 11.1 Å². The van der Waals surface area contributed by atoms with Crippen molar-refractivity contribution in [1.82, 2.24) is 10.3 Å². The van der Waals surface area contributed by atoms with Crippen molar-refractivity contribution in [3.05, 3.63) is 34.5 Å². The van der Waals surface area contributed by atoms with Crippen molar-refractivity contribution in [1.29, 1.82) is 0 Å². The van der Waals surface area contributed by atoms with E-state index < -0.39 is 0 Å². The van der Waals surface area contributed by atoms with Gasteiger partial charge in [-0.3, -0.25) is 4.79 Å². The number of rotatable bonds is 4. The van der Waals surface area contributed by atoms with Crippen LogP contribution in [-0.4, -0.2) is 29.6 Å². The first kappa shape index (κ1) is 16.0. The second kappa shape index (κ2) is 6.34. The summed E-state index contributed by atoms with van der Waals surface area (Å²) in [5.74, 6) is -0.0457. The molecular weight excluding hydrogens is 290 g/mol. The van der Waals surface area contributed by atoms with E-state index in [1.54, 1.807) is 0 Å². The molecule has 2 heterocycles. The molecule has 1 fully saturated rings. The van der Waals surface area contributed by atoms with Crippen molar-refractivity contribution in [3.8, 4) is 0 Å². The standard InChI is InChI=1S/C18H25N3O2/c1-10-6-13(17-15(7-10)11(2)12(3)21-17)9-20-18(22)16-5-4-14(8-19)23-16/h6-7,14,16,21H,4-5,8-9,19H2,1-3H3,(H,20,22)/t14-,16+/m1/s1. The van der Waals surface area contributed by atoms with Crippen LogP contribution in [-0.2, 0) is 16.1 Å². The second-order valence-electron chi connectivity index (χ2n) is 6.50. The maximum atomic E-state index is 12.3. The number of carbonyl (C=O) groups excluding carboxylic acids is 1. The first-order valence-electron chi connectivity index (χ1n) is 8.21. The Morgan fingerprint density at radius 3 is 2.83 bits per heavy atom. The largest absolute Gasteiger partial charge is 0.364 e. The third-order valence-corrected chi connectivity index (χ3v) is 4.76. The van der Waals surface area contributed by atoms with E-state index in [0.717, 1.165) is 23.9 Å². The number of benzene rings is 1. The van der Waals surface area contributed by atoms with E-state index in [0.29, 0.717) is 13.1 Å². The Kier molecular flexibility index (Phi) is 4.41. The van der Waals surface area contributed by atoms with Gasteiger partial charge in [0.25, 0.3) is 0 Å².